The second-order valence-electron chi connectivity index (χ2n) is 6.52. The Balaban J connectivity index is 1.66. The van der Waals surface area contributed by atoms with E-state index in [1.54, 1.807) is 22.5 Å². The van der Waals surface area contributed by atoms with Crippen molar-refractivity contribution in [1.82, 2.24) is 19.6 Å². The van der Waals surface area contributed by atoms with Gasteiger partial charge in [0.1, 0.15) is 0 Å². The third-order valence-electron chi connectivity index (χ3n) is 5.30. The summed E-state index contributed by atoms with van der Waals surface area (Å²) in [5.74, 6) is 0.275. The molecule has 0 unspecified atom stereocenters. The van der Waals surface area contributed by atoms with Gasteiger partial charge >= 0.3 is 0 Å². The molecule has 0 radical (unpaired) electrons. The first-order valence-electron chi connectivity index (χ1n) is 8.17. The molecule has 2 fully saturated rings. The van der Waals surface area contributed by atoms with Crippen molar-refractivity contribution in [2.75, 3.05) is 33.4 Å². The SMILES string of the molecule is CNC(=O)[C@]12CCOC[C@H]1CN(C(=O)c1ncc3ccccn13)C2. The van der Waals surface area contributed by atoms with Gasteiger partial charge in [0.05, 0.1) is 23.7 Å². The molecule has 1 N–H and O–H groups in total. The maximum atomic E-state index is 13.0. The van der Waals surface area contributed by atoms with Crippen molar-refractivity contribution in [3.63, 3.8) is 0 Å². The summed E-state index contributed by atoms with van der Waals surface area (Å²) in [7, 11) is 1.65. The average molecular weight is 328 g/mol. The highest BCUT2D eigenvalue weighted by Crippen LogP contribution is 2.42. The predicted octanol–water partition coefficient (Wildman–Crippen LogP) is 0.559. The van der Waals surface area contributed by atoms with Crippen LogP contribution in [-0.2, 0) is 9.53 Å². The number of nitrogens with one attached hydrogen (secondary N) is 1. The maximum Gasteiger partial charge on any atom is 0.290 e. The minimum absolute atomic E-state index is 0.000855. The van der Waals surface area contributed by atoms with Crippen molar-refractivity contribution < 1.29 is 14.3 Å². The fourth-order valence-corrected chi connectivity index (χ4v) is 3.97. The van der Waals surface area contributed by atoms with Gasteiger partial charge in [0.2, 0.25) is 11.7 Å². The van der Waals surface area contributed by atoms with E-state index in [0.717, 1.165) is 5.52 Å². The molecule has 0 saturated carbocycles. The van der Waals surface area contributed by atoms with Gasteiger partial charge in [-0.15, -0.1) is 0 Å². The lowest BCUT2D eigenvalue weighted by molar-refractivity contribution is -0.138. The van der Waals surface area contributed by atoms with Gasteiger partial charge in [-0.1, -0.05) is 6.07 Å². The van der Waals surface area contributed by atoms with Crippen LogP contribution < -0.4 is 5.32 Å². The molecule has 2 aliphatic rings. The number of amides is 2. The normalized spacial score (nSPS) is 26.4. The fraction of sp³-hybridized carbons (Fsp3) is 0.471. The van der Waals surface area contributed by atoms with E-state index in [1.807, 2.05) is 24.4 Å². The minimum Gasteiger partial charge on any atom is -0.381 e. The summed E-state index contributed by atoms with van der Waals surface area (Å²) in [6.45, 7) is 2.01. The Morgan fingerprint density at radius 3 is 3.12 bits per heavy atom. The van der Waals surface area contributed by atoms with Crippen LogP contribution in [0.25, 0.3) is 5.52 Å². The van der Waals surface area contributed by atoms with Crippen molar-refractivity contribution >= 4 is 17.3 Å². The van der Waals surface area contributed by atoms with E-state index in [9.17, 15) is 9.59 Å². The quantitative estimate of drug-likeness (QED) is 0.874. The van der Waals surface area contributed by atoms with E-state index in [0.29, 0.717) is 38.5 Å². The van der Waals surface area contributed by atoms with E-state index in [1.165, 1.54) is 0 Å². The fourth-order valence-electron chi connectivity index (χ4n) is 3.97. The summed E-state index contributed by atoms with van der Waals surface area (Å²) in [6.07, 6.45) is 4.16. The van der Waals surface area contributed by atoms with Crippen LogP contribution in [0, 0.1) is 11.3 Å². The summed E-state index contributed by atoms with van der Waals surface area (Å²) in [6, 6.07) is 5.69. The zero-order valence-electron chi connectivity index (χ0n) is 13.6. The van der Waals surface area contributed by atoms with Gasteiger partial charge in [-0.25, -0.2) is 4.98 Å². The lowest BCUT2D eigenvalue weighted by Gasteiger charge is -2.36. The molecule has 0 aromatic carbocycles. The second-order valence-corrected chi connectivity index (χ2v) is 6.52. The molecule has 2 aromatic heterocycles. The number of carbonyl (C=O) groups is 2. The summed E-state index contributed by atoms with van der Waals surface area (Å²) in [5, 5.41) is 2.77. The summed E-state index contributed by atoms with van der Waals surface area (Å²) in [4.78, 5) is 31.5. The van der Waals surface area contributed by atoms with Gasteiger partial charge < -0.3 is 15.0 Å². The van der Waals surface area contributed by atoms with Crippen LogP contribution in [0.5, 0.6) is 0 Å². The Morgan fingerprint density at radius 2 is 2.29 bits per heavy atom. The van der Waals surface area contributed by atoms with E-state index in [-0.39, 0.29) is 17.7 Å². The Bertz CT molecular complexity index is 802. The molecular formula is C17H20N4O3. The van der Waals surface area contributed by atoms with E-state index in [4.69, 9.17) is 4.74 Å². The largest absolute Gasteiger partial charge is 0.381 e. The number of rotatable bonds is 2. The third-order valence-corrected chi connectivity index (χ3v) is 5.30. The van der Waals surface area contributed by atoms with Crippen molar-refractivity contribution in [2.24, 2.45) is 11.3 Å². The Morgan fingerprint density at radius 1 is 1.42 bits per heavy atom. The van der Waals surface area contributed by atoms with Gasteiger partial charge in [-0.2, -0.15) is 0 Å². The van der Waals surface area contributed by atoms with Crippen molar-refractivity contribution in [2.45, 2.75) is 6.42 Å². The first-order valence-corrected chi connectivity index (χ1v) is 8.17. The van der Waals surface area contributed by atoms with Gasteiger partial charge in [0, 0.05) is 38.9 Å². The van der Waals surface area contributed by atoms with E-state index < -0.39 is 5.41 Å². The molecule has 24 heavy (non-hydrogen) atoms. The maximum absolute atomic E-state index is 13.0. The molecule has 0 bridgehead atoms. The number of nitrogens with zero attached hydrogens (tertiary/aromatic N) is 3. The van der Waals surface area contributed by atoms with Gasteiger partial charge in [-0.3, -0.25) is 14.0 Å². The standard InChI is InChI=1S/C17H20N4O3/c1-18-16(23)17-5-7-24-10-12(17)9-20(11-17)15(22)14-19-8-13-4-2-3-6-21(13)14/h2-4,6,8,12H,5,7,9-11H2,1H3,(H,18,23)/t12-,17+/m1/s1. The summed E-state index contributed by atoms with van der Waals surface area (Å²) in [5.41, 5.74) is 0.331. The monoisotopic (exact) mass is 328 g/mol. The van der Waals surface area contributed by atoms with E-state index >= 15 is 0 Å². The zero-order chi connectivity index (χ0) is 16.7. The molecule has 2 amide bonds. The highest BCUT2D eigenvalue weighted by atomic mass is 16.5. The van der Waals surface area contributed by atoms with Crippen molar-refractivity contribution in [3.05, 3.63) is 36.4 Å². The van der Waals surface area contributed by atoms with Crippen LogP contribution in [0.3, 0.4) is 0 Å². The number of ether oxygens (including phenoxy) is 1. The number of imidazole rings is 1. The Hall–Kier alpha value is -2.41. The number of carbonyl (C=O) groups excluding carboxylic acids is 2. The predicted molar refractivity (Wildman–Crippen MR) is 86.5 cm³/mol. The molecule has 4 heterocycles. The molecule has 4 rings (SSSR count). The molecular weight excluding hydrogens is 308 g/mol. The summed E-state index contributed by atoms with van der Waals surface area (Å²) >= 11 is 0. The molecule has 2 atom stereocenters. The van der Waals surface area contributed by atoms with Gasteiger partial charge in [0.15, 0.2) is 0 Å². The minimum atomic E-state index is -0.546. The second kappa shape index (κ2) is 5.59. The smallest absolute Gasteiger partial charge is 0.290 e. The van der Waals surface area contributed by atoms with Crippen LogP contribution in [0.1, 0.15) is 17.0 Å². The summed E-state index contributed by atoms with van der Waals surface area (Å²) < 4.78 is 7.34. The van der Waals surface area contributed by atoms with Crippen LogP contribution in [0.2, 0.25) is 0 Å². The number of hydrogen-bond acceptors (Lipinski definition) is 4. The molecule has 0 spiro atoms. The van der Waals surface area contributed by atoms with Gasteiger partial charge in [-0.05, 0) is 18.6 Å². The average Bonchev–Trinajstić information content (AvgIpc) is 3.22. The first kappa shape index (κ1) is 15.1. The molecule has 126 valence electrons. The van der Waals surface area contributed by atoms with Crippen LogP contribution in [0.4, 0.5) is 0 Å². The van der Waals surface area contributed by atoms with Crippen LogP contribution in [-0.4, -0.2) is 59.4 Å². The van der Waals surface area contributed by atoms with Crippen LogP contribution >= 0.6 is 0 Å². The number of pyridine rings is 1. The molecule has 0 aliphatic carbocycles. The topological polar surface area (TPSA) is 75.9 Å². The number of likely N-dealkylation sites (tertiary alicyclic amines) is 1. The lowest BCUT2D eigenvalue weighted by atomic mass is 9.73. The van der Waals surface area contributed by atoms with E-state index in [2.05, 4.69) is 10.3 Å². The number of aromatic nitrogens is 2. The third kappa shape index (κ3) is 2.11. The molecule has 2 aromatic rings. The Labute approximate surface area is 139 Å². The molecule has 2 aliphatic heterocycles. The van der Waals surface area contributed by atoms with Gasteiger partial charge in [0.25, 0.3) is 5.91 Å². The number of fused-ring (bicyclic) bond motifs is 2. The molecule has 7 heteroatoms. The first-order chi connectivity index (χ1) is 11.7. The van der Waals surface area contributed by atoms with Crippen LogP contribution in [0.15, 0.2) is 30.6 Å². The lowest BCUT2D eigenvalue weighted by Crippen LogP contribution is -2.49. The highest BCUT2D eigenvalue weighted by molar-refractivity contribution is 5.93. The Kier molecular flexibility index (Phi) is 3.53. The van der Waals surface area contributed by atoms with Crippen molar-refractivity contribution in [1.29, 1.82) is 0 Å². The zero-order valence-corrected chi connectivity index (χ0v) is 13.6. The molecule has 7 nitrogen and oxygen atoms in total. The van der Waals surface area contributed by atoms with Crippen molar-refractivity contribution in [3.8, 4) is 0 Å². The number of hydrogen-bond donors (Lipinski definition) is 1. The highest BCUT2D eigenvalue weighted by Gasteiger charge is 2.54. The molecule has 2 saturated heterocycles.